The molecule has 0 aromatic rings. The zero-order valence-electron chi connectivity index (χ0n) is 8.31. The normalized spacial score (nSPS) is 12.9. The van der Waals surface area contributed by atoms with Crippen LogP contribution in [-0.2, 0) is 0 Å². The van der Waals surface area contributed by atoms with E-state index in [2.05, 4.69) is 18.2 Å². The van der Waals surface area contributed by atoms with E-state index in [0.717, 1.165) is 5.57 Å². The van der Waals surface area contributed by atoms with E-state index in [-0.39, 0.29) is 0 Å². The molecule has 68 valence electrons. The van der Waals surface area contributed by atoms with E-state index in [9.17, 15) is 5.11 Å². The van der Waals surface area contributed by atoms with Crippen LogP contribution in [-0.4, -0.2) is 16.4 Å². The molecular weight excluding hydrogens is 150 g/mol. The van der Waals surface area contributed by atoms with Crippen molar-refractivity contribution in [1.29, 1.82) is 0 Å². The molecule has 0 radical (unpaired) electrons. The second-order valence-electron chi connectivity index (χ2n) is 3.54. The maximum Gasteiger partial charge on any atom is 0.101 e. The van der Waals surface area contributed by atoms with E-state index in [1.165, 1.54) is 0 Å². The molecule has 0 aliphatic heterocycles. The minimum absolute atomic E-state index is 0.593. The molecule has 0 aromatic heterocycles. The molecule has 0 aliphatic rings. The average Bonchev–Trinajstić information content (AvgIpc) is 1.79. The smallest absolute Gasteiger partial charge is 0.101 e. The first-order valence-corrected chi connectivity index (χ1v) is 3.88. The number of nitrogens with zero attached hydrogens (tertiary/aromatic N) is 1. The fraction of sp³-hybridized carbons (Fsp3) is 0.500. The summed E-state index contributed by atoms with van der Waals surface area (Å²) in [6, 6.07) is 0. The Kier molecular flexibility index (Phi) is 3.40. The Balaban J connectivity index is 4.94. The predicted molar refractivity (Wildman–Crippen MR) is 53.4 cm³/mol. The van der Waals surface area contributed by atoms with Gasteiger partial charge in [0, 0.05) is 5.70 Å². The first kappa shape index (κ1) is 11.1. The lowest BCUT2D eigenvalue weighted by molar-refractivity contribution is 0.154. The van der Waals surface area contributed by atoms with Gasteiger partial charge in [-0.1, -0.05) is 13.2 Å². The quantitative estimate of drug-likeness (QED) is 0.643. The second kappa shape index (κ2) is 3.68. The molecule has 0 fully saturated rings. The lowest BCUT2D eigenvalue weighted by Crippen LogP contribution is -2.31. The van der Waals surface area contributed by atoms with E-state index in [1.807, 2.05) is 6.92 Å². The highest BCUT2D eigenvalue weighted by atomic mass is 16.3. The monoisotopic (exact) mass is 167 g/mol. The number of hydrogen-bond acceptors (Lipinski definition) is 2. The molecule has 12 heavy (non-hydrogen) atoms. The molecule has 0 aromatic carbocycles. The molecule has 0 bridgehead atoms. The zero-order valence-corrected chi connectivity index (χ0v) is 8.31. The first-order chi connectivity index (χ1) is 5.25. The van der Waals surface area contributed by atoms with Crippen LogP contribution in [0, 0.1) is 0 Å². The lowest BCUT2D eigenvalue weighted by Gasteiger charge is -2.20. The van der Waals surface area contributed by atoms with Crippen LogP contribution in [0.25, 0.3) is 0 Å². The maximum atomic E-state index is 9.66. The van der Waals surface area contributed by atoms with E-state index in [0.29, 0.717) is 11.4 Å². The number of aliphatic hydroxyl groups is 1. The van der Waals surface area contributed by atoms with Crippen LogP contribution in [0.4, 0.5) is 0 Å². The molecule has 2 nitrogen and oxygen atoms in total. The molecule has 0 heterocycles. The third-order valence-corrected chi connectivity index (χ3v) is 1.29. The van der Waals surface area contributed by atoms with E-state index in [4.69, 9.17) is 0 Å². The van der Waals surface area contributed by atoms with E-state index >= 15 is 0 Å². The van der Waals surface area contributed by atoms with Gasteiger partial charge in [0.05, 0.1) is 5.71 Å². The van der Waals surface area contributed by atoms with Gasteiger partial charge in [-0.3, -0.25) is 4.99 Å². The van der Waals surface area contributed by atoms with Crippen molar-refractivity contribution >= 4 is 5.71 Å². The topological polar surface area (TPSA) is 32.6 Å². The maximum absolute atomic E-state index is 9.66. The van der Waals surface area contributed by atoms with Crippen LogP contribution in [0.1, 0.15) is 27.7 Å². The molecular formula is C10H17NO. The van der Waals surface area contributed by atoms with Gasteiger partial charge < -0.3 is 5.11 Å². The minimum Gasteiger partial charge on any atom is -0.384 e. The van der Waals surface area contributed by atoms with Gasteiger partial charge in [-0.25, -0.2) is 0 Å². The predicted octanol–water partition coefficient (Wildman–Crippen LogP) is 2.31. The summed E-state index contributed by atoms with van der Waals surface area (Å²) in [7, 11) is 0. The number of allylic oxidation sites excluding steroid dienone is 1. The van der Waals surface area contributed by atoms with Crippen LogP contribution in [0.5, 0.6) is 0 Å². The van der Waals surface area contributed by atoms with E-state index in [1.54, 1.807) is 20.8 Å². The largest absolute Gasteiger partial charge is 0.384 e. The van der Waals surface area contributed by atoms with Gasteiger partial charge in [0.15, 0.2) is 0 Å². The van der Waals surface area contributed by atoms with Gasteiger partial charge in [-0.15, -0.1) is 0 Å². The van der Waals surface area contributed by atoms with Gasteiger partial charge >= 0.3 is 0 Å². The molecule has 0 rings (SSSR count). The standard InChI is InChI=1S/C10H17NO/c1-7(2)9(10(5,6)12)11-8(3)4/h12H,1,3H2,2,4-6H3. The van der Waals surface area contributed by atoms with Crippen LogP contribution in [0.3, 0.4) is 0 Å². The third kappa shape index (κ3) is 3.49. The Bertz CT molecular complexity index is 231. The summed E-state index contributed by atoms with van der Waals surface area (Å²) in [4.78, 5) is 4.12. The molecule has 0 amide bonds. The van der Waals surface area contributed by atoms with Gasteiger partial charge in [-0.05, 0) is 33.3 Å². The molecule has 0 saturated heterocycles. The van der Waals surface area contributed by atoms with Crippen molar-refractivity contribution in [2.75, 3.05) is 0 Å². The zero-order chi connectivity index (χ0) is 9.94. The summed E-state index contributed by atoms with van der Waals surface area (Å²) in [6.07, 6.45) is 0. The van der Waals surface area contributed by atoms with Crippen LogP contribution < -0.4 is 0 Å². The van der Waals surface area contributed by atoms with Crippen molar-refractivity contribution in [2.45, 2.75) is 33.3 Å². The van der Waals surface area contributed by atoms with Crippen LogP contribution >= 0.6 is 0 Å². The Morgan fingerprint density at radius 2 is 1.67 bits per heavy atom. The molecule has 0 saturated carbocycles. The Morgan fingerprint density at radius 1 is 1.25 bits per heavy atom. The fourth-order valence-corrected chi connectivity index (χ4v) is 0.945. The van der Waals surface area contributed by atoms with Crippen molar-refractivity contribution in [3.8, 4) is 0 Å². The van der Waals surface area contributed by atoms with Crippen molar-refractivity contribution in [3.05, 3.63) is 24.4 Å². The molecule has 0 unspecified atom stereocenters. The summed E-state index contributed by atoms with van der Waals surface area (Å²) < 4.78 is 0. The second-order valence-corrected chi connectivity index (χ2v) is 3.54. The highest BCUT2D eigenvalue weighted by molar-refractivity contribution is 6.05. The summed E-state index contributed by atoms with van der Waals surface area (Å²) in [5, 5.41) is 9.66. The number of hydrogen-bond donors (Lipinski definition) is 1. The lowest BCUT2D eigenvalue weighted by atomic mass is 9.97. The number of rotatable bonds is 3. The van der Waals surface area contributed by atoms with Crippen molar-refractivity contribution in [2.24, 2.45) is 4.99 Å². The van der Waals surface area contributed by atoms with Crippen molar-refractivity contribution < 1.29 is 5.11 Å². The molecule has 0 spiro atoms. The van der Waals surface area contributed by atoms with Gasteiger partial charge in [0.2, 0.25) is 0 Å². The van der Waals surface area contributed by atoms with E-state index < -0.39 is 5.60 Å². The summed E-state index contributed by atoms with van der Waals surface area (Å²) in [5.74, 6) is 0. The minimum atomic E-state index is -0.940. The van der Waals surface area contributed by atoms with Crippen molar-refractivity contribution in [1.82, 2.24) is 0 Å². The van der Waals surface area contributed by atoms with Crippen molar-refractivity contribution in [3.63, 3.8) is 0 Å². The van der Waals surface area contributed by atoms with Gasteiger partial charge in [0.25, 0.3) is 0 Å². The third-order valence-electron chi connectivity index (χ3n) is 1.29. The highest BCUT2D eigenvalue weighted by Gasteiger charge is 2.21. The molecule has 2 heteroatoms. The SMILES string of the molecule is C=C(C)N=C(C(=C)C)C(C)(C)O. The number of aliphatic imine (C=N–C) groups is 1. The van der Waals surface area contributed by atoms with Crippen LogP contribution in [0.15, 0.2) is 29.4 Å². The Labute approximate surface area is 74.3 Å². The molecule has 1 N–H and O–H groups in total. The average molecular weight is 167 g/mol. The highest BCUT2D eigenvalue weighted by Crippen LogP contribution is 2.13. The summed E-state index contributed by atoms with van der Waals surface area (Å²) in [6.45, 7) is 14.4. The van der Waals surface area contributed by atoms with Gasteiger partial charge in [0.1, 0.15) is 5.60 Å². The van der Waals surface area contributed by atoms with Gasteiger partial charge in [-0.2, -0.15) is 0 Å². The Morgan fingerprint density at radius 3 is 1.75 bits per heavy atom. The summed E-state index contributed by atoms with van der Waals surface area (Å²) in [5.41, 5.74) is 1.10. The first-order valence-electron chi connectivity index (χ1n) is 3.88. The van der Waals surface area contributed by atoms with Crippen LogP contribution in [0.2, 0.25) is 0 Å². The summed E-state index contributed by atoms with van der Waals surface area (Å²) >= 11 is 0. The fourth-order valence-electron chi connectivity index (χ4n) is 0.945. The Hall–Kier alpha value is -0.890. The molecule has 0 atom stereocenters. The molecule has 0 aliphatic carbocycles.